The van der Waals surface area contributed by atoms with Gasteiger partial charge < -0.3 is 15.8 Å². The van der Waals surface area contributed by atoms with Gasteiger partial charge in [-0.15, -0.1) is 0 Å². The van der Waals surface area contributed by atoms with Gasteiger partial charge in [-0.1, -0.05) is 23.7 Å². The zero-order chi connectivity index (χ0) is 15.4. The van der Waals surface area contributed by atoms with E-state index in [-0.39, 0.29) is 5.91 Å². The number of rotatable bonds is 4. The molecule has 110 valence electrons. The average molecular weight is 305 g/mol. The summed E-state index contributed by atoms with van der Waals surface area (Å²) in [4.78, 5) is 12.2. The first-order valence-corrected chi connectivity index (χ1v) is 6.86. The van der Waals surface area contributed by atoms with E-state index in [4.69, 9.17) is 22.1 Å². The fourth-order valence-corrected chi connectivity index (χ4v) is 2.20. The molecular formula is C16H17ClN2O2. The number of benzene rings is 2. The highest BCUT2D eigenvalue weighted by Gasteiger charge is 2.11. The predicted molar refractivity (Wildman–Crippen MR) is 84.8 cm³/mol. The molecule has 0 saturated heterocycles. The van der Waals surface area contributed by atoms with Crippen LogP contribution in [0.2, 0.25) is 5.02 Å². The molecule has 0 atom stereocenters. The van der Waals surface area contributed by atoms with Gasteiger partial charge in [-0.05, 0) is 36.8 Å². The van der Waals surface area contributed by atoms with Crippen LogP contribution < -0.4 is 15.8 Å². The molecule has 0 aliphatic carbocycles. The van der Waals surface area contributed by atoms with E-state index in [0.29, 0.717) is 28.6 Å². The van der Waals surface area contributed by atoms with Crippen LogP contribution in [0.15, 0.2) is 36.4 Å². The molecule has 0 aromatic heterocycles. The van der Waals surface area contributed by atoms with Crippen LogP contribution in [0.4, 0.5) is 5.69 Å². The third-order valence-electron chi connectivity index (χ3n) is 3.22. The number of methoxy groups -OCH3 is 1. The smallest absolute Gasteiger partial charge is 0.251 e. The molecule has 3 N–H and O–H groups in total. The Labute approximate surface area is 128 Å². The van der Waals surface area contributed by atoms with Crippen LogP contribution in [0.25, 0.3) is 0 Å². The van der Waals surface area contributed by atoms with Crippen molar-refractivity contribution >= 4 is 23.2 Å². The lowest BCUT2D eigenvalue weighted by atomic mass is 10.1. The molecule has 0 heterocycles. The van der Waals surface area contributed by atoms with E-state index in [1.54, 1.807) is 25.3 Å². The second-order valence-corrected chi connectivity index (χ2v) is 5.14. The highest BCUT2D eigenvalue weighted by molar-refractivity contribution is 6.30. The molecule has 0 radical (unpaired) electrons. The number of hydrogen-bond acceptors (Lipinski definition) is 3. The molecule has 0 unspecified atom stereocenters. The van der Waals surface area contributed by atoms with Gasteiger partial charge in [0.05, 0.1) is 7.11 Å². The minimum atomic E-state index is -0.208. The molecule has 21 heavy (non-hydrogen) atoms. The maximum absolute atomic E-state index is 12.2. The highest BCUT2D eigenvalue weighted by atomic mass is 35.5. The average Bonchev–Trinajstić information content (AvgIpc) is 2.47. The Morgan fingerprint density at radius 2 is 2.10 bits per heavy atom. The molecule has 0 spiro atoms. The van der Waals surface area contributed by atoms with Crippen molar-refractivity contribution in [3.05, 3.63) is 58.1 Å². The normalized spacial score (nSPS) is 10.2. The second kappa shape index (κ2) is 6.50. The lowest BCUT2D eigenvalue weighted by Crippen LogP contribution is -2.23. The molecule has 0 bridgehead atoms. The summed E-state index contributed by atoms with van der Waals surface area (Å²) in [5, 5.41) is 3.47. The number of hydrogen-bond donors (Lipinski definition) is 2. The maximum Gasteiger partial charge on any atom is 0.251 e. The fourth-order valence-electron chi connectivity index (χ4n) is 1.98. The van der Waals surface area contributed by atoms with E-state index in [1.165, 1.54) is 0 Å². The summed E-state index contributed by atoms with van der Waals surface area (Å²) < 4.78 is 5.22. The van der Waals surface area contributed by atoms with Crippen LogP contribution >= 0.6 is 11.6 Å². The van der Waals surface area contributed by atoms with Gasteiger partial charge in [-0.2, -0.15) is 0 Å². The minimum Gasteiger partial charge on any atom is -0.496 e. The standard InChI is InChI=1S/C16H17ClN2O2/c1-10-14(18)7-12(8-15(10)21-2)16(20)19-9-11-4-3-5-13(17)6-11/h3-8H,9,18H2,1-2H3,(H,19,20). The van der Waals surface area contributed by atoms with Crippen LogP contribution in [0, 0.1) is 6.92 Å². The molecule has 4 nitrogen and oxygen atoms in total. The maximum atomic E-state index is 12.2. The van der Waals surface area contributed by atoms with E-state index < -0.39 is 0 Å². The van der Waals surface area contributed by atoms with Gasteiger partial charge in [0.15, 0.2) is 0 Å². The fraction of sp³-hybridized carbons (Fsp3) is 0.188. The number of halogens is 1. The SMILES string of the molecule is COc1cc(C(=O)NCc2cccc(Cl)c2)cc(N)c1C. The topological polar surface area (TPSA) is 64.3 Å². The Kier molecular flexibility index (Phi) is 4.70. The first-order valence-electron chi connectivity index (χ1n) is 6.48. The Morgan fingerprint density at radius 1 is 1.33 bits per heavy atom. The Balaban J connectivity index is 2.12. The molecule has 2 aromatic rings. The van der Waals surface area contributed by atoms with Crippen molar-refractivity contribution in [1.82, 2.24) is 5.32 Å². The van der Waals surface area contributed by atoms with Crippen LogP contribution in [-0.4, -0.2) is 13.0 Å². The summed E-state index contributed by atoms with van der Waals surface area (Å²) in [5.74, 6) is 0.392. The summed E-state index contributed by atoms with van der Waals surface area (Å²) in [6, 6.07) is 10.7. The van der Waals surface area contributed by atoms with E-state index in [0.717, 1.165) is 11.1 Å². The number of nitrogens with two attached hydrogens (primary N) is 1. The van der Waals surface area contributed by atoms with E-state index >= 15 is 0 Å². The van der Waals surface area contributed by atoms with Crippen molar-refractivity contribution in [3.8, 4) is 5.75 Å². The molecule has 0 fully saturated rings. The summed E-state index contributed by atoms with van der Waals surface area (Å²) in [6.45, 7) is 2.25. The van der Waals surface area contributed by atoms with Crippen molar-refractivity contribution < 1.29 is 9.53 Å². The Morgan fingerprint density at radius 3 is 2.76 bits per heavy atom. The lowest BCUT2D eigenvalue weighted by Gasteiger charge is -2.11. The zero-order valence-electron chi connectivity index (χ0n) is 11.9. The van der Waals surface area contributed by atoms with Crippen LogP contribution in [0.3, 0.4) is 0 Å². The number of ether oxygens (including phenoxy) is 1. The number of anilines is 1. The number of amides is 1. The number of carbonyl (C=O) groups is 1. The summed E-state index contributed by atoms with van der Waals surface area (Å²) in [7, 11) is 1.55. The van der Waals surface area contributed by atoms with Gasteiger partial charge in [0.2, 0.25) is 0 Å². The first-order chi connectivity index (χ1) is 10.0. The van der Waals surface area contributed by atoms with Crippen LogP contribution in [0.5, 0.6) is 5.75 Å². The van der Waals surface area contributed by atoms with Crippen LogP contribution in [0.1, 0.15) is 21.5 Å². The monoisotopic (exact) mass is 304 g/mol. The highest BCUT2D eigenvalue weighted by Crippen LogP contribution is 2.25. The van der Waals surface area contributed by atoms with E-state index in [2.05, 4.69) is 5.32 Å². The van der Waals surface area contributed by atoms with Gasteiger partial charge in [-0.25, -0.2) is 0 Å². The van der Waals surface area contributed by atoms with Gasteiger partial charge in [0.25, 0.3) is 5.91 Å². The predicted octanol–water partition coefficient (Wildman–Crippen LogP) is 3.17. The quantitative estimate of drug-likeness (QED) is 0.853. The molecule has 5 heteroatoms. The Hall–Kier alpha value is -2.20. The summed E-state index contributed by atoms with van der Waals surface area (Å²) >= 11 is 5.91. The van der Waals surface area contributed by atoms with Crippen molar-refractivity contribution in [3.63, 3.8) is 0 Å². The molecule has 0 aliphatic heterocycles. The zero-order valence-corrected chi connectivity index (χ0v) is 12.7. The summed E-state index contributed by atoms with van der Waals surface area (Å²) in [5.41, 5.74) is 8.64. The van der Waals surface area contributed by atoms with Crippen molar-refractivity contribution in [1.29, 1.82) is 0 Å². The van der Waals surface area contributed by atoms with Gasteiger partial charge >= 0.3 is 0 Å². The summed E-state index contributed by atoms with van der Waals surface area (Å²) in [6.07, 6.45) is 0. The second-order valence-electron chi connectivity index (χ2n) is 4.71. The minimum absolute atomic E-state index is 0.208. The molecule has 0 aliphatic rings. The van der Waals surface area contributed by atoms with Crippen molar-refractivity contribution in [2.45, 2.75) is 13.5 Å². The third-order valence-corrected chi connectivity index (χ3v) is 3.46. The van der Waals surface area contributed by atoms with Crippen molar-refractivity contribution in [2.75, 3.05) is 12.8 Å². The Bertz CT molecular complexity index is 671. The molecule has 2 rings (SSSR count). The van der Waals surface area contributed by atoms with Crippen molar-refractivity contribution in [2.24, 2.45) is 0 Å². The van der Waals surface area contributed by atoms with Gasteiger partial charge in [0, 0.05) is 28.4 Å². The first kappa shape index (κ1) is 15.2. The molecule has 2 aromatic carbocycles. The lowest BCUT2D eigenvalue weighted by molar-refractivity contribution is 0.0950. The number of nitrogens with one attached hydrogen (secondary N) is 1. The van der Waals surface area contributed by atoms with E-state index in [1.807, 2.05) is 25.1 Å². The number of nitrogen functional groups attached to an aromatic ring is 1. The third kappa shape index (κ3) is 3.67. The molecule has 1 amide bonds. The molecular weight excluding hydrogens is 288 g/mol. The number of carbonyl (C=O) groups excluding carboxylic acids is 1. The van der Waals surface area contributed by atoms with Crippen LogP contribution in [-0.2, 0) is 6.54 Å². The molecule has 0 saturated carbocycles. The van der Waals surface area contributed by atoms with Gasteiger partial charge in [0.1, 0.15) is 5.75 Å². The largest absolute Gasteiger partial charge is 0.496 e. The van der Waals surface area contributed by atoms with E-state index in [9.17, 15) is 4.79 Å². The van der Waals surface area contributed by atoms with Gasteiger partial charge in [-0.3, -0.25) is 4.79 Å².